The minimum Gasteiger partial charge on any atom is -0.369 e. The van der Waals surface area contributed by atoms with Gasteiger partial charge in [-0.15, -0.1) is 0 Å². The molecule has 0 N–H and O–H groups in total. The Hall–Kier alpha value is -3.36. The molecule has 7 nitrogen and oxygen atoms in total. The summed E-state index contributed by atoms with van der Waals surface area (Å²) in [5, 5.41) is 4.76. The normalized spacial score (nSPS) is 16.3. The summed E-state index contributed by atoms with van der Waals surface area (Å²) in [6, 6.07) is 6.13. The highest BCUT2D eigenvalue weighted by atomic mass is 35.5. The minimum atomic E-state index is -0.551. The highest BCUT2D eigenvalue weighted by Crippen LogP contribution is 2.34. The average molecular weight is 466 g/mol. The van der Waals surface area contributed by atoms with Crippen LogP contribution in [0.25, 0.3) is 27.7 Å². The number of hydrogen-bond acceptors (Lipinski definition) is 5. The van der Waals surface area contributed by atoms with Crippen LogP contribution in [0.1, 0.15) is 29.6 Å². The highest BCUT2D eigenvalue weighted by Gasteiger charge is 2.23. The van der Waals surface area contributed by atoms with Crippen LogP contribution in [-0.2, 0) is 18.8 Å². The molecule has 33 heavy (non-hydrogen) atoms. The molecule has 1 aromatic carbocycles. The molecule has 0 unspecified atom stereocenters. The second-order valence-corrected chi connectivity index (χ2v) is 8.51. The average Bonchev–Trinajstić information content (AvgIpc) is 3.23. The molecular formula is C24H21ClFN5O2. The van der Waals surface area contributed by atoms with E-state index in [1.807, 2.05) is 19.3 Å². The van der Waals surface area contributed by atoms with Gasteiger partial charge >= 0.3 is 0 Å². The van der Waals surface area contributed by atoms with Gasteiger partial charge in [0.05, 0.1) is 35.1 Å². The molecule has 0 fully saturated rings. The molecule has 4 heterocycles. The molecule has 3 aromatic heterocycles. The topological polar surface area (TPSA) is 74.8 Å². The summed E-state index contributed by atoms with van der Waals surface area (Å²) in [4.78, 5) is 22.5. The van der Waals surface area contributed by atoms with Crippen LogP contribution in [-0.4, -0.2) is 30.9 Å². The zero-order valence-corrected chi connectivity index (χ0v) is 19.1. The van der Waals surface area contributed by atoms with E-state index in [2.05, 4.69) is 10.1 Å². The summed E-state index contributed by atoms with van der Waals surface area (Å²) in [5.41, 5.74) is 3.13. The summed E-state index contributed by atoms with van der Waals surface area (Å²) in [5.74, 6) is 0.00615. The smallest absolute Gasteiger partial charge is 0.263 e. The van der Waals surface area contributed by atoms with E-state index in [0.29, 0.717) is 30.1 Å². The molecule has 0 saturated heterocycles. The van der Waals surface area contributed by atoms with Gasteiger partial charge in [-0.3, -0.25) is 14.0 Å². The number of fused-ring (bicyclic) bond motifs is 1. The number of rotatable bonds is 3. The molecule has 1 aliphatic rings. The van der Waals surface area contributed by atoms with Crippen molar-refractivity contribution in [2.75, 3.05) is 6.61 Å². The lowest BCUT2D eigenvalue weighted by atomic mass is 9.99. The first-order valence-electron chi connectivity index (χ1n) is 10.5. The molecule has 0 bridgehead atoms. The number of halogens is 2. The Bertz CT molecular complexity index is 1490. The van der Waals surface area contributed by atoms with Crippen molar-refractivity contribution in [3.63, 3.8) is 0 Å². The Morgan fingerprint density at radius 1 is 1.21 bits per heavy atom. The first kappa shape index (κ1) is 21.5. The van der Waals surface area contributed by atoms with Gasteiger partial charge in [-0.05, 0) is 49.3 Å². The molecule has 0 aliphatic carbocycles. The van der Waals surface area contributed by atoms with Crippen LogP contribution in [0, 0.1) is 12.7 Å². The van der Waals surface area contributed by atoms with Crippen molar-refractivity contribution in [2.24, 2.45) is 14.1 Å². The van der Waals surface area contributed by atoms with Gasteiger partial charge in [-0.2, -0.15) is 5.10 Å². The summed E-state index contributed by atoms with van der Waals surface area (Å²) < 4.78 is 24.0. The summed E-state index contributed by atoms with van der Waals surface area (Å²) >= 11 is 5.96. The molecule has 0 amide bonds. The number of aromatic nitrogens is 5. The van der Waals surface area contributed by atoms with E-state index in [-0.39, 0.29) is 33.3 Å². The molecular weight excluding hydrogens is 445 g/mol. The van der Waals surface area contributed by atoms with Crippen molar-refractivity contribution in [3.8, 4) is 11.3 Å². The van der Waals surface area contributed by atoms with E-state index < -0.39 is 5.82 Å². The van der Waals surface area contributed by atoms with Crippen LogP contribution in [0.4, 0.5) is 4.39 Å². The van der Waals surface area contributed by atoms with E-state index in [1.165, 1.54) is 10.6 Å². The second-order valence-electron chi connectivity index (χ2n) is 8.08. The number of benzene rings is 1. The molecule has 0 saturated carbocycles. The molecule has 1 aliphatic heterocycles. The summed E-state index contributed by atoms with van der Waals surface area (Å²) in [6.07, 6.45) is 6.02. The summed E-state index contributed by atoms with van der Waals surface area (Å²) in [6.45, 7) is 2.26. The number of pyridine rings is 1. The van der Waals surface area contributed by atoms with Crippen molar-refractivity contribution in [1.82, 2.24) is 24.3 Å². The third-order valence-electron chi connectivity index (χ3n) is 5.87. The largest absolute Gasteiger partial charge is 0.369 e. The number of aryl methyl sites for hydroxylation is 2. The molecule has 168 valence electrons. The lowest BCUT2D eigenvalue weighted by Crippen LogP contribution is -2.22. The SMILES string of the molecule is Cc1nc2cc(C3=C[C@H](c4cnn(C)c4)OCC3)nc(-c3ccc(Cl)cc3F)c2c(=O)n1C. The van der Waals surface area contributed by atoms with Crippen LogP contribution in [0.15, 0.2) is 47.5 Å². The van der Waals surface area contributed by atoms with Gasteiger partial charge in [-0.25, -0.2) is 14.4 Å². The first-order chi connectivity index (χ1) is 15.8. The maximum Gasteiger partial charge on any atom is 0.263 e. The quantitative estimate of drug-likeness (QED) is 0.449. The number of nitrogens with zero attached hydrogens (tertiary/aromatic N) is 5. The summed E-state index contributed by atoms with van der Waals surface area (Å²) in [7, 11) is 3.49. The van der Waals surface area contributed by atoms with Crippen LogP contribution in [0.5, 0.6) is 0 Å². The molecule has 1 atom stereocenters. The monoisotopic (exact) mass is 465 g/mol. The van der Waals surface area contributed by atoms with Crippen LogP contribution >= 0.6 is 11.6 Å². The molecule has 5 rings (SSSR count). The van der Waals surface area contributed by atoms with E-state index in [1.54, 1.807) is 43.0 Å². The maximum absolute atomic E-state index is 14.9. The van der Waals surface area contributed by atoms with Crippen molar-refractivity contribution < 1.29 is 9.13 Å². The van der Waals surface area contributed by atoms with Crippen LogP contribution in [0.3, 0.4) is 0 Å². The zero-order valence-electron chi connectivity index (χ0n) is 18.3. The van der Waals surface area contributed by atoms with Crippen molar-refractivity contribution in [3.05, 3.63) is 81.0 Å². The molecule has 4 aromatic rings. The van der Waals surface area contributed by atoms with Crippen molar-refractivity contribution >= 4 is 28.1 Å². The van der Waals surface area contributed by atoms with Gasteiger partial charge in [0, 0.05) is 36.4 Å². The third-order valence-corrected chi connectivity index (χ3v) is 6.11. The fourth-order valence-electron chi connectivity index (χ4n) is 4.04. The lowest BCUT2D eigenvalue weighted by molar-refractivity contribution is 0.0826. The van der Waals surface area contributed by atoms with Gasteiger partial charge in [0.15, 0.2) is 0 Å². The lowest BCUT2D eigenvalue weighted by Gasteiger charge is -2.22. The molecule has 0 radical (unpaired) electrons. The Balaban J connectivity index is 1.75. The Morgan fingerprint density at radius 2 is 2.03 bits per heavy atom. The maximum atomic E-state index is 14.9. The van der Waals surface area contributed by atoms with Gasteiger partial charge in [0.1, 0.15) is 17.7 Å². The van der Waals surface area contributed by atoms with E-state index >= 15 is 0 Å². The zero-order chi connectivity index (χ0) is 23.3. The van der Waals surface area contributed by atoms with Crippen LogP contribution in [0.2, 0.25) is 5.02 Å². The highest BCUT2D eigenvalue weighted by molar-refractivity contribution is 6.30. The predicted octanol–water partition coefficient (Wildman–Crippen LogP) is 4.37. The fourth-order valence-corrected chi connectivity index (χ4v) is 4.20. The van der Waals surface area contributed by atoms with E-state index in [0.717, 1.165) is 11.1 Å². The minimum absolute atomic E-state index is 0.200. The van der Waals surface area contributed by atoms with Gasteiger partial charge in [0.2, 0.25) is 0 Å². The van der Waals surface area contributed by atoms with Gasteiger partial charge in [-0.1, -0.05) is 11.6 Å². The Labute approximate surface area is 194 Å². The Kier molecular flexibility index (Phi) is 5.34. The van der Waals surface area contributed by atoms with E-state index in [9.17, 15) is 9.18 Å². The fraction of sp³-hybridized carbons (Fsp3) is 0.250. The number of ether oxygens (including phenoxy) is 1. The standard InChI is InChI=1S/C24H21ClFN5O2/c1-13-28-20-10-19(14-6-7-33-21(8-14)15-11-27-30(2)12-15)29-23(22(20)24(32)31(13)3)17-5-4-16(25)9-18(17)26/h4-5,8-12,21H,6-7H2,1-3H3/t21-/m1/s1. The number of hydrogen-bond donors (Lipinski definition) is 0. The third kappa shape index (κ3) is 3.85. The van der Waals surface area contributed by atoms with Gasteiger partial charge in [0.25, 0.3) is 5.56 Å². The predicted molar refractivity (Wildman–Crippen MR) is 124 cm³/mol. The Morgan fingerprint density at radius 3 is 2.76 bits per heavy atom. The molecule has 0 spiro atoms. The second kappa shape index (κ2) is 8.20. The van der Waals surface area contributed by atoms with Crippen molar-refractivity contribution in [1.29, 1.82) is 0 Å². The first-order valence-corrected chi connectivity index (χ1v) is 10.8. The molecule has 9 heteroatoms. The van der Waals surface area contributed by atoms with Crippen LogP contribution < -0.4 is 5.56 Å². The van der Waals surface area contributed by atoms with E-state index in [4.69, 9.17) is 21.3 Å². The van der Waals surface area contributed by atoms with Gasteiger partial charge < -0.3 is 4.74 Å². The van der Waals surface area contributed by atoms with Crippen molar-refractivity contribution in [2.45, 2.75) is 19.4 Å².